The lowest BCUT2D eigenvalue weighted by atomic mass is 9.79. The Kier molecular flexibility index (Phi) is 7.38. The monoisotopic (exact) mass is 739 g/mol. The molecule has 0 aromatic heterocycles. The Bertz CT molecular complexity index is 3220. The van der Waals surface area contributed by atoms with Gasteiger partial charge in [0, 0.05) is 10.8 Å². The Hall–Kier alpha value is -7.01. The standard InChI is InChI=1S/C57H41N/c1-56(2)52-31-43(36-16-22-47(58-5)23-17-36)18-24-48(52)50-26-20-45(33-54(50)56)46-21-27-51-49-25-19-44(32-53(49)57(3,4)55(51)34-46)42-15-14-40-29-39(12-13-41(40)30-42)38-11-10-35-8-6-7-9-37(35)28-38/h6-34H,1-4H3. The molecule has 2 aliphatic carbocycles. The Labute approximate surface area is 340 Å². The van der Waals surface area contributed by atoms with Crippen molar-refractivity contribution in [2.75, 3.05) is 0 Å². The molecule has 0 unspecified atom stereocenters. The van der Waals surface area contributed by atoms with Crippen LogP contribution in [0.4, 0.5) is 5.69 Å². The van der Waals surface area contributed by atoms with Crippen molar-refractivity contribution >= 4 is 27.2 Å². The van der Waals surface area contributed by atoms with Crippen molar-refractivity contribution < 1.29 is 0 Å². The van der Waals surface area contributed by atoms with Gasteiger partial charge in [-0.05, 0) is 153 Å². The molecule has 0 radical (unpaired) electrons. The third kappa shape index (κ3) is 5.22. The van der Waals surface area contributed by atoms with E-state index in [0.29, 0.717) is 5.69 Å². The molecule has 1 heteroatoms. The fourth-order valence-corrected chi connectivity index (χ4v) is 9.90. The SMILES string of the molecule is [C-]#[N+]c1ccc(-c2ccc3c(c2)C(C)(C)c2cc(-c4ccc5c(c4)C(C)(C)c4cc(-c6ccc7cc(-c8ccc9ccccc9c8)ccc7c6)ccc4-5)ccc2-3)cc1. The lowest BCUT2D eigenvalue weighted by molar-refractivity contribution is 0.660. The highest BCUT2D eigenvalue weighted by atomic mass is 14.6. The average Bonchev–Trinajstić information content (AvgIpc) is 3.63. The second-order valence-electron chi connectivity index (χ2n) is 17.3. The fraction of sp³-hybridized carbons (Fsp3) is 0.105. The van der Waals surface area contributed by atoms with Gasteiger partial charge >= 0.3 is 0 Å². The van der Waals surface area contributed by atoms with Gasteiger partial charge in [0.15, 0.2) is 5.69 Å². The maximum atomic E-state index is 7.33. The van der Waals surface area contributed by atoms with Gasteiger partial charge in [-0.3, -0.25) is 0 Å². The minimum absolute atomic E-state index is 0.141. The first-order chi connectivity index (χ1) is 28.2. The lowest BCUT2D eigenvalue weighted by Crippen LogP contribution is -2.15. The summed E-state index contributed by atoms with van der Waals surface area (Å²) in [5.41, 5.74) is 21.0. The van der Waals surface area contributed by atoms with Crippen molar-refractivity contribution in [1.82, 2.24) is 0 Å². The van der Waals surface area contributed by atoms with Crippen LogP contribution in [0.5, 0.6) is 0 Å². The molecule has 0 heterocycles. The Morgan fingerprint density at radius 2 is 0.603 bits per heavy atom. The normalized spacial score (nSPS) is 14.1. The van der Waals surface area contributed by atoms with E-state index in [1.165, 1.54) is 105 Å². The minimum Gasteiger partial charge on any atom is -0.238 e. The summed E-state index contributed by atoms with van der Waals surface area (Å²) in [5.74, 6) is 0. The van der Waals surface area contributed by atoms with Crippen LogP contribution < -0.4 is 0 Å². The molecule has 0 fully saturated rings. The van der Waals surface area contributed by atoms with Crippen molar-refractivity contribution in [1.29, 1.82) is 0 Å². The maximum Gasteiger partial charge on any atom is 0.187 e. The van der Waals surface area contributed by atoms with Crippen LogP contribution >= 0.6 is 0 Å². The molecular weight excluding hydrogens is 699 g/mol. The Morgan fingerprint density at radius 1 is 0.310 bits per heavy atom. The molecule has 58 heavy (non-hydrogen) atoms. The molecule has 0 saturated heterocycles. The highest BCUT2D eigenvalue weighted by molar-refractivity contribution is 5.94. The largest absolute Gasteiger partial charge is 0.238 e. The van der Waals surface area contributed by atoms with Gasteiger partial charge in [0.1, 0.15) is 0 Å². The second kappa shape index (κ2) is 12.5. The molecule has 2 aliphatic rings. The van der Waals surface area contributed by atoms with Crippen LogP contribution in [0, 0.1) is 6.57 Å². The van der Waals surface area contributed by atoms with E-state index in [2.05, 4.69) is 196 Å². The Morgan fingerprint density at radius 3 is 1.00 bits per heavy atom. The van der Waals surface area contributed by atoms with E-state index in [9.17, 15) is 0 Å². The van der Waals surface area contributed by atoms with Crippen molar-refractivity contribution in [2.45, 2.75) is 38.5 Å². The van der Waals surface area contributed by atoms with Gasteiger partial charge in [-0.15, -0.1) is 0 Å². The number of hydrogen-bond acceptors (Lipinski definition) is 0. The maximum absolute atomic E-state index is 7.33. The van der Waals surface area contributed by atoms with Crippen molar-refractivity contribution in [2.24, 2.45) is 0 Å². The highest BCUT2D eigenvalue weighted by Gasteiger charge is 2.38. The van der Waals surface area contributed by atoms with Crippen LogP contribution in [0.25, 0.3) is 93.2 Å². The molecule has 9 aromatic rings. The van der Waals surface area contributed by atoms with E-state index in [0.717, 1.165) is 5.56 Å². The van der Waals surface area contributed by atoms with E-state index < -0.39 is 0 Å². The quantitative estimate of drug-likeness (QED) is 0.158. The molecular formula is C57H41N. The zero-order chi connectivity index (χ0) is 39.3. The van der Waals surface area contributed by atoms with E-state index in [1.54, 1.807) is 0 Å². The van der Waals surface area contributed by atoms with E-state index in [4.69, 9.17) is 6.57 Å². The summed E-state index contributed by atoms with van der Waals surface area (Å²) < 4.78 is 0. The summed E-state index contributed by atoms with van der Waals surface area (Å²) in [6.45, 7) is 16.8. The fourth-order valence-electron chi connectivity index (χ4n) is 9.90. The Balaban J connectivity index is 0.891. The summed E-state index contributed by atoms with van der Waals surface area (Å²) in [4.78, 5) is 3.57. The summed E-state index contributed by atoms with van der Waals surface area (Å²) in [6, 6.07) is 65.1. The zero-order valence-corrected chi connectivity index (χ0v) is 33.2. The van der Waals surface area contributed by atoms with Crippen LogP contribution in [-0.4, -0.2) is 0 Å². The predicted molar refractivity (Wildman–Crippen MR) is 245 cm³/mol. The van der Waals surface area contributed by atoms with E-state index in [-0.39, 0.29) is 10.8 Å². The zero-order valence-electron chi connectivity index (χ0n) is 33.2. The summed E-state index contributed by atoms with van der Waals surface area (Å²) >= 11 is 0. The molecule has 0 atom stereocenters. The van der Waals surface area contributed by atoms with Crippen LogP contribution in [0.1, 0.15) is 49.9 Å². The van der Waals surface area contributed by atoms with Crippen LogP contribution in [0.2, 0.25) is 0 Å². The molecule has 0 saturated carbocycles. The lowest BCUT2D eigenvalue weighted by Gasteiger charge is -2.24. The first kappa shape index (κ1) is 34.3. The molecule has 0 N–H and O–H groups in total. The number of benzene rings is 9. The van der Waals surface area contributed by atoms with Gasteiger partial charge < -0.3 is 0 Å². The van der Waals surface area contributed by atoms with Crippen molar-refractivity contribution in [3.8, 4) is 66.8 Å². The van der Waals surface area contributed by atoms with Gasteiger partial charge in [-0.2, -0.15) is 0 Å². The smallest absolute Gasteiger partial charge is 0.187 e. The predicted octanol–water partition coefficient (Wildman–Crippen LogP) is 15.8. The van der Waals surface area contributed by atoms with Crippen molar-refractivity contribution in [3.05, 3.63) is 210 Å². The topological polar surface area (TPSA) is 4.36 Å². The van der Waals surface area contributed by atoms with Crippen LogP contribution in [0.3, 0.4) is 0 Å². The van der Waals surface area contributed by atoms with Gasteiger partial charge in [-0.25, -0.2) is 4.85 Å². The highest BCUT2D eigenvalue weighted by Crippen LogP contribution is 2.53. The number of nitrogens with zero attached hydrogens (tertiary/aromatic N) is 1. The molecule has 9 aromatic carbocycles. The minimum atomic E-state index is -0.141. The van der Waals surface area contributed by atoms with Crippen molar-refractivity contribution in [3.63, 3.8) is 0 Å². The molecule has 0 spiro atoms. The van der Waals surface area contributed by atoms with Gasteiger partial charge in [0.05, 0.1) is 6.57 Å². The van der Waals surface area contributed by atoms with Gasteiger partial charge in [0.2, 0.25) is 0 Å². The summed E-state index contributed by atoms with van der Waals surface area (Å²) in [7, 11) is 0. The van der Waals surface area contributed by atoms with Crippen LogP contribution in [-0.2, 0) is 10.8 Å². The third-order valence-corrected chi connectivity index (χ3v) is 13.3. The first-order valence-electron chi connectivity index (χ1n) is 20.3. The summed E-state index contributed by atoms with van der Waals surface area (Å²) in [6.07, 6.45) is 0. The van der Waals surface area contributed by atoms with Crippen LogP contribution in [0.15, 0.2) is 176 Å². The molecule has 274 valence electrons. The number of hydrogen-bond donors (Lipinski definition) is 0. The molecule has 0 amide bonds. The van der Waals surface area contributed by atoms with E-state index >= 15 is 0 Å². The van der Waals surface area contributed by atoms with Gasteiger partial charge in [-0.1, -0.05) is 161 Å². The number of fused-ring (bicyclic) bond motifs is 8. The first-order valence-corrected chi connectivity index (χ1v) is 20.3. The average molecular weight is 740 g/mol. The molecule has 1 nitrogen and oxygen atoms in total. The second-order valence-corrected chi connectivity index (χ2v) is 17.3. The molecule has 11 rings (SSSR count). The molecule has 0 aliphatic heterocycles. The molecule has 0 bridgehead atoms. The van der Waals surface area contributed by atoms with Gasteiger partial charge in [0.25, 0.3) is 0 Å². The summed E-state index contributed by atoms with van der Waals surface area (Å²) in [5, 5.41) is 5.04. The number of rotatable bonds is 4. The van der Waals surface area contributed by atoms with E-state index in [1.807, 2.05) is 12.1 Å². The third-order valence-electron chi connectivity index (χ3n) is 13.3.